The summed E-state index contributed by atoms with van der Waals surface area (Å²) in [6.45, 7) is 0. The Bertz CT molecular complexity index is 669. The van der Waals surface area contributed by atoms with E-state index in [4.69, 9.17) is 0 Å². The Balaban J connectivity index is 1.92. The van der Waals surface area contributed by atoms with E-state index in [2.05, 4.69) is 5.32 Å². The highest BCUT2D eigenvalue weighted by molar-refractivity contribution is 5.91. The molecule has 0 saturated heterocycles. The van der Waals surface area contributed by atoms with E-state index < -0.39 is 0 Å². The number of anilines is 1. The maximum atomic E-state index is 11.8. The fourth-order valence-corrected chi connectivity index (χ4v) is 1.81. The maximum Gasteiger partial charge on any atom is 0.224 e. The average molecular weight is 289 g/mol. The summed E-state index contributed by atoms with van der Waals surface area (Å²) >= 11 is 0. The van der Waals surface area contributed by atoms with Crippen molar-refractivity contribution in [3.63, 3.8) is 0 Å². The molecule has 0 spiro atoms. The van der Waals surface area contributed by atoms with Gasteiger partial charge in [-0.1, -0.05) is 6.07 Å². The van der Waals surface area contributed by atoms with Gasteiger partial charge in [-0.15, -0.1) is 0 Å². The van der Waals surface area contributed by atoms with Crippen molar-refractivity contribution in [1.82, 2.24) is 0 Å². The second-order valence-electron chi connectivity index (χ2n) is 4.57. The summed E-state index contributed by atoms with van der Waals surface area (Å²) in [5.41, 5.74) is 1.10. The van der Waals surface area contributed by atoms with Gasteiger partial charge in [-0.2, -0.15) is 0 Å². The molecule has 0 radical (unpaired) electrons. The number of carbonyl (C=O) groups excluding carboxylic acids is 1. The number of aryl methyl sites for hydroxylation is 1. The van der Waals surface area contributed by atoms with E-state index in [9.17, 15) is 25.2 Å². The minimum Gasteiger partial charge on any atom is -0.504 e. The molecule has 6 heteroatoms. The van der Waals surface area contributed by atoms with Gasteiger partial charge in [0.05, 0.1) is 0 Å². The van der Waals surface area contributed by atoms with Gasteiger partial charge in [0.15, 0.2) is 23.0 Å². The molecule has 2 aromatic carbocycles. The SMILES string of the molecule is O=C(CCc1ccc(O)c(O)c1)Nc1ccc(O)c(O)c1. The number of amides is 1. The Labute approximate surface area is 120 Å². The van der Waals surface area contributed by atoms with Crippen LogP contribution in [0.5, 0.6) is 23.0 Å². The zero-order valence-electron chi connectivity index (χ0n) is 11.1. The lowest BCUT2D eigenvalue weighted by atomic mass is 10.1. The molecule has 0 atom stereocenters. The van der Waals surface area contributed by atoms with Gasteiger partial charge < -0.3 is 25.7 Å². The third-order valence-corrected chi connectivity index (χ3v) is 2.94. The minimum absolute atomic E-state index is 0.172. The molecule has 0 aliphatic rings. The summed E-state index contributed by atoms with van der Waals surface area (Å²) in [5, 5.41) is 39.6. The fraction of sp³-hybridized carbons (Fsp3) is 0.133. The van der Waals surface area contributed by atoms with Gasteiger partial charge >= 0.3 is 0 Å². The third-order valence-electron chi connectivity index (χ3n) is 2.94. The molecule has 6 nitrogen and oxygen atoms in total. The van der Waals surface area contributed by atoms with Crippen LogP contribution in [0.1, 0.15) is 12.0 Å². The molecular formula is C15H15NO5. The summed E-state index contributed by atoms with van der Waals surface area (Å²) in [6.07, 6.45) is 0.565. The molecule has 5 N–H and O–H groups in total. The molecule has 1 amide bonds. The Morgan fingerprint density at radius 1 is 0.857 bits per heavy atom. The van der Waals surface area contributed by atoms with Crippen LogP contribution in [0.3, 0.4) is 0 Å². The van der Waals surface area contributed by atoms with Crippen molar-refractivity contribution in [1.29, 1.82) is 0 Å². The topological polar surface area (TPSA) is 110 Å². The van der Waals surface area contributed by atoms with Crippen molar-refractivity contribution < 1.29 is 25.2 Å². The zero-order chi connectivity index (χ0) is 15.4. The lowest BCUT2D eigenvalue weighted by Gasteiger charge is -2.07. The van der Waals surface area contributed by atoms with Crippen LogP contribution in [0.2, 0.25) is 0 Å². The van der Waals surface area contributed by atoms with Crippen molar-refractivity contribution in [3.05, 3.63) is 42.0 Å². The zero-order valence-corrected chi connectivity index (χ0v) is 11.1. The van der Waals surface area contributed by atoms with Crippen molar-refractivity contribution in [2.45, 2.75) is 12.8 Å². The molecule has 2 rings (SSSR count). The fourth-order valence-electron chi connectivity index (χ4n) is 1.81. The minimum atomic E-state index is -0.309. The van der Waals surface area contributed by atoms with Gasteiger partial charge in [0.2, 0.25) is 5.91 Å². The lowest BCUT2D eigenvalue weighted by Crippen LogP contribution is -2.12. The summed E-state index contributed by atoms with van der Waals surface area (Å²) in [6, 6.07) is 8.38. The summed E-state index contributed by atoms with van der Waals surface area (Å²) < 4.78 is 0. The Hall–Kier alpha value is -2.89. The number of rotatable bonds is 4. The molecule has 0 aliphatic heterocycles. The second kappa shape index (κ2) is 6.04. The van der Waals surface area contributed by atoms with E-state index in [0.717, 1.165) is 0 Å². The van der Waals surface area contributed by atoms with Gasteiger partial charge in [0.1, 0.15) is 0 Å². The molecule has 0 fully saturated rings. The Morgan fingerprint density at radius 2 is 1.48 bits per heavy atom. The summed E-state index contributed by atoms with van der Waals surface area (Å²) in [7, 11) is 0. The highest BCUT2D eigenvalue weighted by atomic mass is 16.3. The lowest BCUT2D eigenvalue weighted by molar-refractivity contribution is -0.116. The number of aromatic hydroxyl groups is 4. The largest absolute Gasteiger partial charge is 0.504 e. The molecule has 0 saturated carbocycles. The molecule has 0 heterocycles. The molecule has 2 aromatic rings. The van der Waals surface area contributed by atoms with Gasteiger partial charge in [0.25, 0.3) is 0 Å². The first-order valence-corrected chi connectivity index (χ1v) is 6.28. The number of nitrogens with one attached hydrogen (secondary N) is 1. The normalized spacial score (nSPS) is 10.3. The van der Waals surface area contributed by atoms with Crippen LogP contribution in [0.4, 0.5) is 5.69 Å². The highest BCUT2D eigenvalue weighted by Crippen LogP contribution is 2.28. The van der Waals surface area contributed by atoms with Crippen LogP contribution in [-0.2, 0) is 11.2 Å². The highest BCUT2D eigenvalue weighted by Gasteiger charge is 2.07. The number of hydrogen-bond acceptors (Lipinski definition) is 5. The quantitative estimate of drug-likeness (QED) is 0.437. The smallest absolute Gasteiger partial charge is 0.224 e. The van der Waals surface area contributed by atoms with Gasteiger partial charge in [-0.3, -0.25) is 4.79 Å². The molecule has 110 valence electrons. The monoisotopic (exact) mass is 289 g/mol. The average Bonchev–Trinajstić information content (AvgIpc) is 2.44. The Morgan fingerprint density at radius 3 is 2.10 bits per heavy atom. The van der Waals surface area contributed by atoms with Crippen LogP contribution in [0.15, 0.2) is 36.4 Å². The first kappa shape index (κ1) is 14.5. The number of phenols is 4. The van der Waals surface area contributed by atoms with E-state index in [1.165, 1.54) is 30.3 Å². The molecule has 0 bridgehead atoms. The van der Waals surface area contributed by atoms with E-state index in [-0.39, 0.29) is 35.3 Å². The predicted molar refractivity (Wildman–Crippen MR) is 76.5 cm³/mol. The first-order valence-electron chi connectivity index (χ1n) is 6.28. The predicted octanol–water partition coefficient (Wildman–Crippen LogP) is 2.08. The van der Waals surface area contributed by atoms with Crippen molar-refractivity contribution in [3.8, 4) is 23.0 Å². The standard InChI is InChI=1S/C15H15NO5/c17-11-4-1-9(7-13(11)19)2-6-15(21)16-10-3-5-12(18)14(20)8-10/h1,3-5,7-8,17-20H,2,6H2,(H,16,21). The van der Waals surface area contributed by atoms with Crippen LogP contribution >= 0.6 is 0 Å². The number of phenolic OH excluding ortho intramolecular Hbond substituents is 4. The van der Waals surface area contributed by atoms with E-state index in [0.29, 0.717) is 17.7 Å². The summed E-state index contributed by atoms with van der Waals surface area (Å²) in [4.78, 5) is 11.8. The third kappa shape index (κ3) is 3.79. The number of benzene rings is 2. The first-order chi connectivity index (χ1) is 9.95. The van der Waals surface area contributed by atoms with E-state index in [1.807, 2.05) is 0 Å². The molecule has 0 aromatic heterocycles. The van der Waals surface area contributed by atoms with Gasteiger partial charge in [-0.25, -0.2) is 0 Å². The summed E-state index contributed by atoms with van der Waals surface area (Å²) in [5.74, 6) is -1.27. The van der Waals surface area contributed by atoms with Crippen molar-refractivity contribution in [2.75, 3.05) is 5.32 Å². The molecule has 0 unspecified atom stereocenters. The van der Waals surface area contributed by atoms with Crippen molar-refractivity contribution >= 4 is 11.6 Å². The molecule has 0 aliphatic carbocycles. The van der Waals surface area contributed by atoms with Crippen LogP contribution < -0.4 is 5.32 Å². The van der Waals surface area contributed by atoms with Gasteiger partial charge in [0, 0.05) is 18.2 Å². The van der Waals surface area contributed by atoms with E-state index in [1.54, 1.807) is 6.07 Å². The van der Waals surface area contributed by atoms with Crippen LogP contribution in [0.25, 0.3) is 0 Å². The molecule has 21 heavy (non-hydrogen) atoms. The number of carbonyl (C=O) groups is 1. The van der Waals surface area contributed by atoms with Gasteiger partial charge in [-0.05, 0) is 36.2 Å². The van der Waals surface area contributed by atoms with Crippen LogP contribution in [-0.4, -0.2) is 26.3 Å². The van der Waals surface area contributed by atoms with Crippen molar-refractivity contribution in [2.24, 2.45) is 0 Å². The van der Waals surface area contributed by atoms with E-state index >= 15 is 0 Å². The second-order valence-corrected chi connectivity index (χ2v) is 4.57. The molecular weight excluding hydrogens is 274 g/mol. The Kier molecular flexibility index (Phi) is 4.18. The van der Waals surface area contributed by atoms with Crippen LogP contribution in [0, 0.1) is 0 Å². The number of hydrogen-bond donors (Lipinski definition) is 5. The maximum absolute atomic E-state index is 11.8.